The lowest BCUT2D eigenvalue weighted by Crippen LogP contribution is -2.30. The summed E-state index contributed by atoms with van der Waals surface area (Å²) in [4.78, 5) is 12.3. The van der Waals surface area contributed by atoms with Crippen LogP contribution in [-0.2, 0) is 4.79 Å². The monoisotopic (exact) mass is 299 g/mol. The molecule has 0 radical (unpaired) electrons. The van der Waals surface area contributed by atoms with Gasteiger partial charge in [-0.2, -0.15) is 0 Å². The van der Waals surface area contributed by atoms with E-state index in [1.807, 2.05) is 44.2 Å². The van der Waals surface area contributed by atoms with E-state index in [0.29, 0.717) is 11.4 Å². The molecule has 1 atom stereocenters. The molecule has 0 spiro atoms. The zero-order valence-electron chi connectivity index (χ0n) is 13.3. The number of aryl methyl sites for hydroxylation is 2. The van der Waals surface area contributed by atoms with Crippen molar-refractivity contribution < 1.29 is 14.3 Å². The highest BCUT2D eigenvalue weighted by atomic mass is 16.5. The predicted octanol–water partition coefficient (Wildman–Crippen LogP) is 3.72. The highest BCUT2D eigenvalue weighted by Gasteiger charge is 2.17. The number of carbonyl (C=O) groups excluding carboxylic acids is 1. The lowest BCUT2D eigenvalue weighted by atomic mass is 10.1. The van der Waals surface area contributed by atoms with Crippen molar-refractivity contribution in [1.82, 2.24) is 0 Å². The van der Waals surface area contributed by atoms with Gasteiger partial charge in [0, 0.05) is 0 Å². The van der Waals surface area contributed by atoms with Crippen LogP contribution >= 0.6 is 0 Å². The van der Waals surface area contributed by atoms with Gasteiger partial charge in [0.1, 0.15) is 11.5 Å². The van der Waals surface area contributed by atoms with Crippen molar-refractivity contribution in [3.8, 4) is 11.5 Å². The molecule has 2 aromatic rings. The average Bonchev–Trinajstić information content (AvgIpc) is 2.51. The highest BCUT2D eigenvalue weighted by Crippen LogP contribution is 2.24. The van der Waals surface area contributed by atoms with Crippen LogP contribution in [0.5, 0.6) is 11.5 Å². The summed E-state index contributed by atoms with van der Waals surface area (Å²) >= 11 is 0. The van der Waals surface area contributed by atoms with E-state index in [4.69, 9.17) is 9.47 Å². The van der Waals surface area contributed by atoms with Crippen LogP contribution in [0.1, 0.15) is 18.1 Å². The van der Waals surface area contributed by atoms with Gasteiger partial charge in [-0.1, -0.05) is 24.3 Å². The smallest absolute Gasteiger partial charge is 0.265 e. The van der Waals surface area contributed by atoms with Crippen LogP contribution in [0.4, 0.5) is 5.69 Å². The third-order valence-corrected chi connectivity index (χ3v) is 3.38. The first-order valence-electron chi connectivity index (χ1n) is 7.19. The van der Waals surface area contributed by atoms with E-state index in [9.17, 15) is 4.79 Å². The normalized spacial score (nSPS) is 11.6. The van der Waals surface area contributed by atoms with Gasteiger partial charge >= 0.3 is 0 Å². The van der Waals surface area contributed by atoms with E-state index in [1.165, 1.54) is 0 Å². The molecule has 0 aliphatic carbocycles. The third-order valence-electron chi connectivity index (χ3n) is 3.38. The predicted molar refractivity (Wildman–Crippen MR) is 87.6 cm³/mol. The van der Waals surface area contributed by atoms with Crippen LogP contribution in [-0.4, -0.2) is 19.1 Å². The van der Waals surface area contributed by atoms with Crippen LogP contribution in [0.25, 0.3) is 0 Å². The van der Waals surface area contributed by atoms with E-state index < -0.39 is 6.10 Å². The SMILES string of the molecule is COc1ccccc1NC(=O)[C@H](C)Oc1cc(C)ccc1C. The van der Waals surface area contributed by atoms with Crippen molar-refractivity contribution in [3.63, 3.8) is 0 Å². The van der Waals surface area contributed by atoms with Gasteiger partial charge in [-0.25, -0.2) is 0 Å². The summed E-state index contributed by atoms with van der Waals surface area (Å²) in [6, 6.07) is 13.2. The molecule has 116 valence electrons. The molecule has 0 aliphatic heterocycles. The molecule has 2 rings (SSSR count). The van der Waals surface area contributed by atoms with E-state index in [0.717, 1.165) is 16.9 Å². The van der Waals surface area contributed by atoms with E-state index >= 15 is 0 Å². The molecule has 1 amide bonds. The second-order valence-corrected chi connectivity index (χ2v) is 5.22. The molecule has 4 nitrogen and oxygen atoms in total. The topological polar surface area (TPSA) is 47.6 Å². The first-order valence-corrected chi connectivity index (χ1v) is 7.19. The number of hydrogen-bond acceptors (Lipinski definition) is 3. The Bertz CT molecular complexity index is 667. The Balaban J connectivity index is 2.07. The van der Waals surface area contributed by atoms with Crippen molar-refractivity contribution in [1.29, 1.82) is 0 Å². The summed E-state index contributed by atoms with van der Waals surface area (Å²) in [6.07, 6.45) is -0.606. The molecule has 0 unspecified atom stereocenters. The Kier molecular flexibility index (Phi) is 5.04. The average molecular weight is 299 g/mol. The molecule has 4 heteroatoms. The molecule has 2 aromatic carbocycles. The summed E-state index contributed by atoms with van der Waals surface area (Å²) in [7, 11) is 1.57. The number of rotatable bonds is 5. The molecule has 22 heavy (non-hydrogen) atoms. The molecule has 0 saturated heterocycles. The van der Waals surface area contributed by atoms with Crippen LogP contribution in [0.2, 0.25) is 0 Å². The van der Waals surface area contributed by atoms with Crippen LogP contribution in [0.15, 0.2) is 42.5 Å². The minimum absolute atomic E-state index is 0.217. The largest absolute Gasteiger partial charge is 0.495 e. The molecular weight excluding hydrogens is 278 g/mol. The Morgan fingerprint density at radius 2 is 1.82 bits per heavy atom. The molecule has 0 aliphatic rings. The minimum Gasteiger partial charge on any atom is -0.495 e. The zero-order valence-corrected chi connectivity index (χ0v) is 13.3. The van der Waals surface area contributed by atoms with E-state index in [-0.39, 0.29) is 5.91 Å². The first kappa shape index (κ1) is 15.9. The lowest BCUT2D eigenvalue weighted by Gasteiger charge is -2.17. The lowest BCUT2D eigenvalue weighted by molar-refractivity contribution is -0.122. The Morgan fingerprint density at radius 1 is 1.09 bits per heavy atom. The maximum absolute atomic E-state index is 12.3. The fourth-order valence-corrected chi connectivity index (χ4v) is 2.06. The molecule has 0 heterocycles. The van der Waals surface area contributed by atoms with Gasteiger partial charge < -0.3 is 14.8 Å². The van der Waals surface area contributed by atoms with Crippen molar-refractivity contribution in [3.05, 3.63) is 53.6 Å². The minimum atomic E-state index is -0.606. The number of benzene rings is 2. The van der Waals surface area contributed by atoms with Gasteiger partial charge in [0.05, 0.1) is 12.8 Å². The first-order chi connectivity index (χ1) is 10.5. The molecule has 0 fully saturated rings. The zero-order chi connectivity index (χ0) is 16.1. The maximum Gasteiger partial charge on any atom is 0.265 e. The van der Waals surface area contributed by atoms with Gasteiger partial charge in [0.2, 0.25) is 0 Å². The van der Waals surface area contributed by atoms with E-state index in [2.05, 4.69) is 5.32 Å². The summed E-state index contributed by atoms with van der Waals surface area (Å²) in [5, 5.41) is 2.83. The molecule has 1 N–H and O–H groups in total. The van der Waals surface area contributed by atoms with Gasteiger partial charge in [-0.15, -0.1) is 0 Å². The number of ether oxygens (including phenoxy) is 2. The number of hydrogen-bond donors (Lipinski definition) is 1. The fraction of sp³-hybridized carbons (Fsp3) is 0.278. The summed E-state index contributed by atoms with van der Waals surface area (Å²) in [6.45, 7) is 5.68. The second-order valence-electron chi connectivity index (χ2n) is 5.22. The van der Waals surface area contributed by atoms with Crippen LogP contribution in [0, 0.1) is 13.8 Å². The number of carbonyl (C=O) groups is 1. The fourth-order valence-electron chi connectivity index (χ4n) is 2.06. The maximum atomic E-state index is 12.3. The van der Waals surface area contributed by atoms with Gasteiger partial charge in [-0.05, 0) is 50.1 Å². The number of anilines is 1. The molecule has 0 aromatic heterocycles. The Labute approximate surface area is 131 Å². The van der Waals surface area contributed by atoms with Crippen molar-refractivity contribution >= 4 is 11.6 Å². The van der Waals surface area contributed by atoms with Gasteiger partial charge in [0.25, 0.3) is 5.91 Å². The Morgan fingerprint density at radius 3 is 2.55 bits per heavy atom. The number of nitrogens with one attached hydrogen (secondary N) is 1. The van der Waals surface area contributed by atoms with Gasteiger partial charge in [-0.3, -0.25) is 4.79 Å². The van der Waals surface area contributed by atoms with E-state index in [1.54, 1.807) is 26.2 Å². The van der Waals surface area contributed by atoms with Gasteiger partial charge in [0.15, 0.2) is 6.10 Å². The quantitative estimate of drug-likeness (QED) is 0.915. The number of para-hydroxylation sites is 2. The van der Waals surface area contributed by atoms with Crippen LogP contribution < -0.4 is 14.8 Å². The number of methoxy groups -OCH3 is 1. The standard InChI is InChI=1S/C18H21NO3/c1-12-9-10-13(2)17(11-12)22-14(3)18(20)19-15-7-5-6-8-16(15)21-4/h5-11,14H,1-4H3,(H,19,20)/t14-/m0/s1. The number of amides is 1. The van der Waals surface area contributed by atoms with Crippen molar-refractivity contribution in [2.75, 3.05) is 12.4 Å². The van der Waals surface area contributed by atoms with Crippen molar-refractivity contribution in [2.45, 2.75) is 26.9 Å². The van der Waals surface area contributed by atoms with Crippen molar-refractivity contribution in [2.24, 2.45) is 0 Å². The molecule has 0 saturated carbocycles. The molecular formula is C18H21NO3. The summed E-state index contributed by atoms with van der Waals surface area (Å²) in [5.41, 5.74) is 2.73. The third kappa shape index (κ3) is 3.79. The molecule has 0 bridgehead atoms. The highest BCUT2D eigenvalue weighted by molar-refractivity contribution is 5.95. The summed E-state index contributed by atoms with van der Waals surface area (Å²) < 4.78 is 11.0. The summed E-state index contributed by atoms with van der Waals surface area (Å²) in [5.74, 6) is 1.13. The Hall–Kier alpha value is -2.49. The van der Waals surface area contributed by atoms with Crippen LogP contribution in [0.3, 0.4) is 0 Å². The second kappa shape index (κ2) is 6.98.